The van der Waals surface area contributed by atoms with Crippen LogP contribution in [-0.2, 0) is 10.0 Å². The molecule has 0 heterocycles. The average Bonchev–Trinajstić information content (AvgIpc) is 3.06. The molecular weight excluding hydrogens is 243 g/mol. The van der Waals surface area contributed by atoms with E-state index in [1.807, 2.05) is 0 Å². The van der Waals surface area contributed by atoms with Gasteiger partial charge in [0.2, 0.25) is 10.0 Å². The summed E-state index contributed by atoms with van der Waals surface area (Å²) in [4.78, 5) is -0.112. The number of sulfonamides is 1. The summed E-state index contributed by atoms with van der Waals surface area (Å²) in [5.41, 5.74) is 5.97. The molecule has 0 spiro atoms. The Hall–Kier alpha value is -1.14. The van der Waals surface area contributed by atoms with Gasteiger partial charge < -0.3 is 5.73 Å². The molecule has 0 atom stereocenters. The summed E-state index contributed by atoms with van der Waals surface area (Å²) in [5, 5.41) is 0. The highest BCUT2D eigenvalue weighted by Gasteiger charge is 2.24. The van der Waals surface area contributed by atoms with Gasteiger partial charge in [-0.2, -0.15) is 0 Å². The topological polar surface area (TPSA) is 72.2 Å². The number of nitrogen functional groups attached to an aromatic ring is 1. The van der Waals surface area contributed by atoms with Crippen LogP contribution in [0.25, 0.3) is 0 Å². The molecule has 0 radical (unpaired) electrons. The van der Waals surface area contributed by atoms with Crippen LogP contribution in [0.15, 0.2) is 17.0 Å². The zero-order valence-electron chi connectivity index (χ0n) is 9.53. The maximum Gasteiger partial charge on any atom is 0.240 e. The molecule has 1 aliphatic rings. The second-order valence-corrected chi connectivity index (χ2v) is 6.18. The Balaban J connectivity index is 2.25. The summed E-state index contributed by atoms with van der Waals surface area (Å²) in [7, 11) is -3.65. The van der Waals surface area contributed by atoms with Gasteiger partial charge in [0.1, 0.15) is 5.82 Å². The van der Waals surface area contributed by atoms with E-state index in [-0.39, 0.29) is 16.1 Å². The minimum atomic E-state index is -3.65. The molecule has 1 fully saturated rings. The molecule has 6 heteroatoms. The number of hydrogen-bond donors (Lipinski definition) is 2. The fraction of sp³-hybridized carbons (Fsp3) is 0.455. The number of rotatable bonds is 4. The van der Waals surface area contributed by atoms with Crippen LogP contribution in [0.2, 0.25) is 0 Å². The predicted octanol–water partition coefficient (Wildman–Crippen LogP) is 1.40. The van der Waals surface area contributed by atoms with E-state index >= 15 is 0 Å². The van der Waals surface area contributed by atoms with E-state index in [4.69, 9.17) is 5.73 Å². The first-order chi connectivity index (χ1) is 7.90. The third kappa shape index (κ3) is 2.76. The summed E-state index contributed by atoms with van der Waals surface area (Å²) >= 11 is 0. The quantitative estimate of drug-likeness (QED) is 0.802. The Morgan fingerprint density at radius 3 is 2.65 bits per heavy atom. The largest absolute Gasteiger partial charge is 0.398 e. The molecule has 0 aliphatic heterocycles. The fourth-order valence-electron chi connectivity index (χ4n) is 1.46. The van der Waals surface area contributed by atoms with Crippen molar-refractivity contribution >= 4 is 15.7 Å². The molecular formula is C11H15FN2O2S. The van der Waals surface area contributed by atoms with E-state index in [0.717, 1.165) is 18.9 Å². The summed E-state index contributed by atoms with van der Waals surface area (Å²) < 4.78 is 39.6. The van der Waals surface area contributed by atoms with Gasteiger partial charge >= 0.3 is 0 Å². The second kappa shape index (κ2) is 4.27. The SMILES string of the molecule is Cc1c(N)cc(S(=O)(=O)NCC2CC2)cc1F. The number of anilines is 1. The molecule has 0 aromatic heterocycles. The minimum Gasteiger partial charge on any atom is -0.398 e. The second-order valence-electron chi connectivity index (χ2n) is 4.41. The molecule has 0 amide bonds. The summed E-state index contributed by atoms with van der Waals surface area (Å²) in [6.45, 7) is 1.93. The first-order valence-corrected chi connectivity index (χ1v) is 6.94. The fourth-order valence-corrected chi connectivity index (χ4v) is 2.62. The Labute approximate surface area is 100 Å². The molecule has 1 aromatic carbocycles. The standard InChI is InChI=1S/C11H15FN2O2S/c1-7-10(12)4-9(5-11(7)13)17(15,16)14-6-8-2-3-8/h4-5,8,14H,2-3,6,13H2,1H3. The number of benzene rings is 1. The van der Waals surface area contributed by atoms with E-state index < -0.39 is 15.8 Å². The Kier molecular flexibility index (Phi) is 3.09. The number of halogens is 1. The summed E-state index contributed by atoms with van der Waals surface area (Å²) in [6.07, 6.45) is 2.10. The van der Waals surface area contributed by atoms with Crippen LogP contribution < -0.4 is 10.5 Å². The van der Waals surface area contributed by atoms with Crippen molar-refractivity contribution in [3.63, 3.8) is 0 Å². The molecule has 0 saturated heterocycles. The third-order valence-electron chi connectivity index (χ3n) is 2.93. The van der Waals surface area contributed by atoms with Gasteiger partial charge in [0.05, 0.1) is 4.90 Å². The molecule has 17 heavy (non-hydrogen) atoms. The molecule has 1 aliphatic carbocycles. The maximum absolute atomic E-state index is 13.4. The van der Waals surface area contributed by atoms with Gasteiger partial charge in [-0.25, -0.2) is 17.5 Å². The molecule has 94 valence electrons. The molecule has 0 bridgehead atoms. The molecule has 2 rings (SSSR count). The Morgan fingerprint density at radius 2 is 2.12 bits per heavy atom. The van der Waals surface area contributed by atoms with Crippen molar-refractivity contribution in [2.45, 2.75) is 24.7 Å². The first-order valence-electron chi connectivity index (χ1n) is 5.45. The van der Waals surface area contributed by atoms with Crippen LogP contribution in [0, 0.1) is 18.7 Å². The number of nitrogens with two attached hydrogens (primary N) is 1. The lowest BCUT2D eigenvalue weighted by Crippen LogP contribution is -2.26. The van der Waals surface area contributed by atoms with Gasteiger partial charge in [0, 0.05) is 17.8 Å². The van der Waals surface area contributed by atoms with Crippen LogP contribution in [-0.4, -0.2) is 15.0 Å². The minimum absolute atomic E-state index is 0.112. The van der Waals surface area contributed by atoms with E-state index in [2.05, 4.69) is 4.72 Å². The first kappa shape index (κ1) is 12.3. The zero-order chi connectivity index (χ0) is 12.6. The monoisotopic (exact) mass is 258 g/mol. The van der Waals surface area contributed by atoms with Crippen molar-refractivity contribution < 1.29 is 12.8 Å². The van der Waals surface area contributed by atoms with Crippen molar-refractivity contribution in [2.75, 3.05) is 12.3 Å². The molecule has 3 N–H and O–H groups in total. The van der Waals surface area contributed by atoms with Gasteiger partial charge in [0.25, 0.3) is 0 Å². The number of hydrogen-bond acceptors (Lipinski definition) is 3. The predicted molar refractivity (Wildman–Crippen MR) is 63.5 cm³/mol. The zero-order valence-corrected chi connectivity index (χ0v) is 10.3. The van der Waals surface area contributed by atoms with Crippen molar-refractivity contribution in [3.05, 3.63) is 23.5 Å². The lowest BCUT2D eigenvalue weighted by atomic mass is 10.2. The van der Waals surface area contributed by atoms with Crippen LogP contribution in [0.5, 0.6) is 0 Å². The Bertz CT molecular complexity index is 515. The highest BCUT2D eigenvalue weighted by molar-refractivity contribution is 7.89. The van der Waals surface area contributed by atoms with Crippen molar-refractivity contribution in [3.8, 4) is 0 Å². The van der Waals surface area contributed by atoms with Crippen LogP contribution in [0.4, 0.5) is 10.1 Å². The lowest BCUT2D eigenvalue weighted by Gasteiger charge is -2.09. The molecule has 0 unspecified atom stereocenters. The normalized spacial score (nSPS) is 16.1. The molecule has 4 nitrogen and oxygen atoms in total. The van der Waals surface area contributed by atoms with E-state index in [1.54, 1.807) is 0 Å². The Morgan fingerprint density at radius 1 is 1.47 bits per heavy atom. The van der Waals surface area contributed by atoms with Crippen molar-refractivity contribution in [2.24, 2.45) is 5.92 Å². The summed E-state index contributed by atoms with van der Waals surface area (Å²) in [6, 6.07) is 2.29. The van der Waals surface area contributed by atoms with Gasteiger partial charge in [0.15, 0.2) is 0 Å². The highest BCUT2D eigenvalue weighted by Crippen LogP contribution is 2.28. The van der Waals surface area contributed by atoms with Gasteiger partial charge in [-0.15, -0.1) is 0 Å². The van der Waals surface area contributed by atoms with Crippen LogP contribution in [0.3, 0.4) is 0 Å². The molecule has 1 saturated carbocycles. The van der Waals surface area contributed by atoms with Gasteiger partial charge in [-0.1, -0.05) is 0 Å². The maximum atomic E-state index is 13.4. The number of nitrogens with one attached hydrogen (secondary N) is 1. The summed E-state index contributed by atoms with van der Waals surface area (Å²) in [5.74, 6) is -0.172. The van der Waals surface area contributed by atoms with E-state index in [9.17, 15) is 12.8 Å². The van der Waals surface area contributed by atoms with Gasteiger partial charge in [-0.3, -0.25) is 0 Å². The van der Waals surface area contributed by atoms with Crippen molar-refractivity contribution in [1.82, 2.24) is 4.72 Å². The van der Waals surface area contributed by atoms with Crippen LogP contribution >= 0.6 is 0 Å². The third-order valence-corrected chi connectivity index (χ3v) is 4.33. The van der Waals surface area contributed by atoms with E-state index in [1.165, 1.54) is 13.0 Å². The van der Waals surface area contributed by atoms with Crippen molar-refractivity contribution in [1.29, 1.82) is 0 Å². The highest BCUT2D eigenvalue weighted by atomic mass is 32.2. The van der Waals surface area contributed by atoms with Gasteiger partial charge in [-0.05, 0) is 37.8 Å². The lowest BCUT2D eigenvalue weighted by molar-refractivity contribution is 0.573. The molecule has 1 aromatic rings. The average molecular weight is 258 g/mol. The van der Waals surface area contributed by atoms with E-state index in [0.29, 0.717) is 12.5 Å². The van der Waals surface area contributed by atoms with Crippen LogP contribution in [0.1, 0.15) is 18.4 Å². The smallest absolute Gasteiger partial charge is 0.240 e.